The molecule has 0 heterocycles. The molecular weight excluding hydrogens is 134 g/mol. The molecule has 0 fully saturated rings. The summed E-state index contributed by atoms with van der Waals surface area (Å²) in [6, 6.07) is 7.84. The molecule has 0 atom stereocenters. The van der Waals surface area contributed by atoms with Crippen molar-refractivity contribution in [1.29, 1.82) is 0 Å². The van der Waals surface area contributed by atoms with Crippen molar-refractivity contribution in [1.82, 2.24) is 0 Å². The van der Waals surface area contributed by atoms with Crippen LogP contribution in [0, 0.1) is 6.92 Å². The van der Waals surface area contributed by atoms with Crippen LogP contribution in [0.15, 0.2) is 24.3 Å². The van der Waals surface area contributed by atoms with Crippen molar-refractivity contribution in [2.75, 3.05) is 5.73 Å². The van der Waals surface area contributed by atoms with Crippen molar-refractivity contribution in [2.45, 2.75) is 19.3 Å². The molecule has 59 valence electrons. The van der Waals surface area contributed by atoms with Crippen LogP contribution in [-0.2, 0) is 5.41 Å². The van der Waals surface area contributed by atoms with Crippen LogP contribution in [-0.4, -0.2) is 0 Å². The standard InChI is InChI=1S/C10H14N/c1-10(2,3)8-4-6-9(11)7-5-8/h4-7H,1,11H2,2-3H3. The summed E-state index contributed by atoms with van der Waals surface area (Å²) in [6.45, 7) is 8.19. The first-order valence-corrected chi connectivity index (χ1v) is 3.71. The Morgan fingerprint density at radius 2 is 1.64 bits per heavy atom. The Bertz CT molecular complexity index is 228. The zero-order valence-electron chi connectivity index (χ0n) is 7.09. The van der Waals surface area contributed by atoms with Gasteiger partial charge in [-0.3, -0.25) is 0 Å². The summed E-state index contributed by atoms with van der Waals surface area (Å²) in [5, 5.41) is 0. The molecule has 0 saturated carbocycles. The van der Waals surface area contributed by atoms with E-state index in [0.29, 0.717) is 0 Å². The molecule has 1 radical (unpaired) electrons. The zero-order valence-corrected chi connectivity index (χ0v) is 7.09. The number of hydrogen-bond donors (Lipinski definition) is 1. The summed E-state index contributed by atoms with van der Waals surface area (Å²) < 4.78 is 0. The van der Waals surface area contributed by atoms with Crippen LogP contribution < -0.4 is 5.73 Å². The van der Waals surface area contributed by atoms with Gasteiger partial charge >= 0.3 is 0 Å². The minimum absolute atomic E-state index is 0.0201. The topological polar surface area (TPSA) is 26.0 Å². The van der Waals surface area contributed by atoms with E-state index < -0.39 is 0 Å². The molecule has 0 aliphatic carbocycles. The van der Waals surface area contributed by atoms with Gasteiger partial charge in [-0.1, -0.05) is 26.0 Å². The van der Waals surface area contributed by atoms with E-state index in [0.717, 1.165) is 5.69 Å². The van der Waals surface area contributed by atoms with Crippen molar-refractivity contribution in [3.8, 4) is 0 Å². The van der Waals surface area contributed by atoms with Crippen molar-refractivity contribution in [2.24, 2.45) is 0 Å². The van der Waals surface area contributed by atoms with E-state index in [1.54, 1.807) is 0 Å². The van der Waals surface area contributed by atoms with Gasteiger partial charge in [0.1, 0.15) is 0 Å². The first kappa shape index (κ1) is 8.12. The lowest BCUT2D eigenvalue weighted by molar-refractivity contribution is 0.665. The van der Waals surface area contributed by atoms with Gasteiger partial charge in [0.2, 0.25) is 0 Å². The Morgan fingerprint density at radius 3 is 2.00 bits per heavy atom. The van der Waals surface area contributed by atoms with Crippen LogP contribution in [0.25, 0.3) is 0 Å². The highest BCUT2D eigenvalue weighted by atomic mass is 14.5. The maximum atomic E-state index is 5.55. The van der Waals surface area contributed by atoms with Crippen molar-refractivity contribution >= 4 is 5.69 Å². The average Bonchev–Trinajstić information content (AvgIpc) is 1.86. The number of rotatable bonds is 1. The van der Waals surface area contributed by atoms with E-state index in [1.807, 2.05) is 24.3 Å². The third-order valence-electron chi connectivity index (χ3n) is 1.69. The predicted molar refractivity (Wildman–Crippen MR) is 49.2 cm³/mol. The second-order valence-corrected chi connectivity index (χ2v) is 3.51. The largest absolute Gasteiger partial charge is 0.399 e. The summed E-state index contributed by atoms with van der Waals surface area (Å²) in [4.78, 5) is 0. The molecule has 1 rings (SSSR count). The molecule has 0 bridgehead atoms. The summed E-state index contributed by atoms with van der Waals surface area (Å²) in [5.41, 5.74) is 7.55. The maximum absolute atomic E-state index is 5.55. The normalized spacial score (nSPS) is 11.5. The second-order valence-electron chi connectivity index (χ2n) is 3.51. The Hall–Kier alpha value is -0.980. The van der Waals surface area contributed by atoms with Gasteiger partial charge in [0, 0.05) is 5.69 Å². The van der Waals surface area contributed by atoms with E-state index in [4.69, 9.17) is 5.73 Å². The van der Waals surface area contributed by atoms with Gasteiger partial charge in [-0.25, -0.2) is 0 Å². The Balaban J connectivity index is 2.99. The Labute approximate surface area is 68.2 Å². The molecule has 0 aliphatic rings. The third-order valence-corrected chi connectivity index (χ3v) is 1.69. The smallest absolute Gasteiger partial charge is 0.0314 e. The summed E-state index contributed by atoms with van der Waals surface area (Å²) in [5.74, 6) is 0. The zero-order chi connectivity index (χ0) is 8.48. The molecule has 0 unspecified atom stereocenters. The van der Waals surface area contributed by atoms with Crippen LogP contribution in [0.4, 0.5) is 5.69 Å². The SMILES string of the molecule is [CH2]C(C)(C)c1ccc(N)cc1. The summed E-state index contributed by atoms with van der Waals surface area (Å²) in [7, 11) is 0. The van der Waals surface area contributed by atoms with Gasteiger partial charge in [0.15, 0.2) is 0 Å². The molecule has 0 spiro atoms. The number of benzene rings is 1. The molecule has 11 heavy (non-hydrogen) atoms. The van der Waals surface area contributed by atoms with Crippen LogP contribution in [0.3, 0.4) is 0 Å². The lowest BCUT2D eigenvalue weighted by Crippen LogP contribution is -2.11. The maximum Gasteiger partial charge on any atom is 0.0314 e. The third kappa shape index (κ3) is 1.97. The first-order valence-electron chi connectivity index (χ1n) is 3.71. The Kier molecular flexibility index (Phi) is 1.90. The van der Waals surface area contributed by atoms with Crippen LogP contribution in [0.1, 0.15) is 19.4 Å². The Morgan fingerprint density at radius 1 is 1.18 bits per heavy atom. The quantitative estimate of drug-likeness (QED) is 0.608. The molecule has 1 aromatic rings. The number of hydrogen-bond acceptors (Lipinski definition) is 1. The van der Waals surface area contributed by atoms with Gasteiger partial charge in [0.05, 0.1) is 0 Å². The van der Waals surface area contributed by atoms with E-state index in [2.05, 4.69) is 20.8 Å². The van der Waals surface area contributed by atoms with Gasteiger partial charge < -0.3 is 5.73 Å². The van der Waals surface area contributed by atoms with Gasteiger partial charge in [-0.15, -0.1) is 0 Å². The molecule has 0 saturated heterocycles. The van der Waals surface area contributed by atoms with Crippen LogP contribution in [0.5, 0.6) is 0 Å². The highest BCUT2D eigenvalue weighted by molar-refractivity contribution is 5.41. The lowest BCUT2D eigenvalue weighted by Gasteiger charge is -2.18. The number of anilines is 1. The summed E-state index contributed by atoms with van der Waals surface area (Å²) in [6.07, 6.45) is 0. The van der Waals surface area contributed by atoms with Crippen molar-refractivity contribution in [3.63, 3.8) is 0 Å². The molecule has 0 aromatic heterocycles. The fourth-order valence-electron chi connectivity index (χ4n) is 0.934. The van der Waals surface area contributed by atoms with E-state index in [-0.39, 0.29) is 5.41 Å². The first-order chi connectivity index (χ1) is 5.00. The predicted octanol–water partition coefficient (Wildman–Crippen LogP) is 2.38. The average molecular weight is 148 g/mol. The second kappa shape index (κ2) is 2.57. The van der Waals surface area contributed by atoms with Gasteiger partial charge in [0.25, 0.3) is 0 Å². The number of nitrogens with two attached hydrogens (primary N) is 1. The summed E-state index contributed by atoms with van der Waals surface area (Å²) >= 11 is 0. The molecule has 1 heteroatoms. The minimum Gasteiger partial charge on any atom is -0.399 e. The monoisotopic (exact) mass is 148 g/mol. The highest BCUT2D eigenvalue weighted by Crippen LogP contribution is 2.21. The molecule has 2 N–H and O–H groups in total. The van der Waals surface area contributed by atoms with E-state index >= 15 is 0 Å². The molecule has 1 nitrogen and oxygen atoms in total. The van der Waals surface area contributed by atoms with Crippen molar-refractivity contribution in [3.05, 3.63) is 36.8 Å². The molecule has 1 aromatic carbocycles. The minimum atomic E-state index is -0.0201. The van der Waals surface area contributed by atoms with Crippen LogP contribution >= 0.6 is 0 Å². The van der Waals surface area contributed by atoms with Crippen molar-refractivity contribution < 1.29 is 0 Å². The van der Waals surface area contributed by atoms with Crippen LogP contribution in [0.2, 0.25) is 0 Å². The van der Waals surface area contributed by atoms with E-state index in [9.17, 15) is 0 Å². The van der Waals surface area contributed by atoms with Gasteiger partial charge in [-0.2, -0.15) is 0 Å². The van der Waals surface area contributed by atoms with E-state index in [1.165, 1.54) is 5.56 Å². The van der Waals surface area contributed by atoms with Gasteiger partial charge in [-0.05, 0) is 30.0 Å². The fourth-order valence-corrected chi connectivity index (χ4v) is 0.934. The molecule has 0 amide bonds. The highest BCUT2D eigenvalue weighted by Gasteiger charge is 2.12. The lowest BCUT2D eigenvalue weighted by atomic mass is 9.87. The molecular formula is C10H14N. The molecule has 0 aliphatic heterocycles. The number of nitrogen functional groups attached to an aromatic ring is 1. The fraction of sp³-hybridized carbons (Fsp3) is 0.300.